The number of hydrogen-bond acceptors (Lipinski definition) is 5. The third kappa shape index (κ3) is 59.6. The van der Waals surface area contributed by atoms with Crippen molar-refractivity contribution < 1.29 is 24.5 Å². The molecule has 1 amide bonds. The molecule has 2 unspecified atom stereocenters. The smallest absolute Gasteiger partial charge is 0.305 e. The van der Waals surface area contributed by atoms with E-state index in [0.717, 1.165) is 44.9 Å². The fourth-order valence-electron chi connectivity index (χ4n) is 10.6. The highest BCUT2D eigenvalue weighted by atomic mass is 16.5. The Bertz CT molecular complexity index is 1150. The first kappa shape index (κ1) is 72.3. The van der Waals surface area contributed by atoms with E-state index >= 15 is 0 Å². The lowest BCUT2D eigenvalue weighted by Crippen LogP contribution is -2.45. The van der Waals surface area contributed by atoms with Crippen LogP contribution in [0.5, 0.6) is 0 Å². The summed E-state index contributed by atoms with van der Waals surface area (Å²) in [6, 6.07) is -0.542. The number of carbonyl (C=O) groups is 2. The van der Waals surface area contributed by atoms with Gasteiger partial charge in [0.05, 0.1) is 25.4 Å². The summed E-state index contributed by atoms with van der Waals surface area (Å²) < 4.78 is 5.49. The summed E-state index contributed by atoms with van der Waals surface area (Å²) in [5.41, 5.74) is 0. The topological polar surface area (TPSA) is 95.9 Å². The molecular weight excluding hydrogens is 911 g/mol. The molecule has 6 nitrogen and oxygen atoms in total. The van der Waals surface area contributed by atoms with Gasteiger partial charge in [0, 0.05) is 12.8 Å². The molecule has 0 fully saturated rings. The molecule has 0 aliphatic heterocycles. The van der Waals surface area contributed by atoms with Crippen molar-refractivity contribution in [2.24, 2.45) is 0 Å². The summed E-state index contributed by atoms with van der Waals surface area (Å²) in [6.07, 6.45) is 79.2. The molecule has 0 aliphatic carbocycles. The average Bonchev–Trinajstić information content (AvgIpc) is 3.40. The first-order valence-corrected chi connectivity index (χ1v) is 33.6. The van der Waals surface area contributed by atoms with Crippen molar-refractivity contribution in [3.05, 3.63) is 24.3 Å². The van der Waals surface area contributed by atoms with Gasteiger partial charge in [-0.05, 0) is 77.0 Å². The van der Waals surface area contributed by atoms with Crippen molar-refractivity contribution in [1.82, 2.24) is 5.32 Å². The van der Waals surface area contributed by atoms with Crippen LogP contribution in [0.3, 0.4) is 0 Å². The second-order valence-corrected chi connectivity index (χ2v) is 23.1. The Hall–Kier alpha value is -1.66. The van der Waals surface area contributed by atoms with Crippen LogP contribution in [0.4, 0.5) is 0 Å². The first-order valence-electron chi connectivity index (χ1n) is 33.6. The minimum Gasteiger partial charge on any atom is -0.466 e. The fourth-order valence-corrected chi connectivity index (χ4v) is 10.6. The molecule has 0 aliphatic rings. The molecule has 0 spiro atoms. The van der Waals surface area contributed by atoms with Gasteiger partial charge >= 0.3 is 5.97 Å². The number of hydrogen-bond donors (Lipinski definition) is 3. The van der Waals surface area contributed by atoms with Gasteiger partial charge in [0.2, 0.25) is 5.91 Å². The van der Waals surface area contributed by atoms with Gasteiger partial charge in [-0.25, -0.2) is 0 Å². The number of amides is 1. The van der Waals surface area contributed by atoms with Crippen LogP contribution >= 0.6 is 0 Å². The largest absolute Gasteiger partial charge is 0.466 e. The zero-order chi connectivity index (χ0) is 53.6. The van der Waals surface area contributed by atoms with Crippen LogP contribution in [0, 0.1) is 0 Å². The molecule has 6 heteroatoms. The van der Waals surface area contributed by atoms with E-state index in [9.17, 15) is 19.8 Å². The van der Waals surface area contributed by atoms with Crippen molar-refractivity contribution in [2.45, 2.75) is 386 Å². The molecule has 74 heavy (non-hydrogen) atoms. The molecule has 0 saturated carbocycles. The second kappa shape index (κ2) is 63.9. The number of aliphatic hydroxyl groups is 2. The van der Waals surface area contributed by atoms with E-state index in [-0.39, 0.29) is 18.5 Å². The minimum atomic E-state index is -0.664. The predicted molar refractivity (Wildman–Crippen MR) is 324 cm³/mol. The normalized spacial score (nSPS) is 12.6. The number of esters is 1. The summed E-state index contributed by atoms with van der Waals surface area (Å²) in [5, 5.41) is 23.3. The number of rotatable bonds is 63. The van der Waals surface area contributed by atoms with E-state index in [1.807, 2.05) is 0 Å². The second-order valence-electron chi connectivity index (χ2n) is 23.1. The number of carbonyl (C=O) groups excluding carboxylic acids is 2. The van der Waals surface area contributed by atoms with Gasteiger partial charge < -0.3 is 20.3 Å². The van der Waals surface area contributed by atoms with Gasteiger partial charge in [0.1, 0.15) is 0 Å². The Morgan fingerprint density at radius 2 is 0.635 bits per heavy atom. The van der Waals surface area contributed by atoms with Gasteiger partial charge in [-0.15, -0.1) is 0 Å². The molecule has 438 valence electrons. The quantitative estimate of drug-likeness (QED) is 0.0320. The van der Waals surface area contributed by atoms with Gasteiger partial charge in [0.25, 0.3) is 0 Å². The molecule has 0 bridgehead atoms. The molecule has 0 heterocycles. The van der Waals surface area contributed by atoms with E-state index in [4.69, 9.17) is 4.74 Å². The highest BCUT2D eigenvalue weighted by Gasteiger charge is 2.20. The van der Waals surface area contributed by atoms with E-state index in [2.05, 4.69) is 43.5 Å². The van der Waals surface area contributed by atoms with Crippen molar-refractivity contribution >= 4 is 11.9 Å². The van der Waals surface area contributed by atoms with Crippen LogP contribution in [-0.2, 0) is 14.3 Å². The lowest BCUT2D eigenvalue weighted by atomic mass is 10.0. The molecule has 0 aromatic rings. The lowest BCUT2D eigenvalue weighted by molar-refractivity contribution is -0.143. The SMILES string of the molecule is CCCCCCCC/C=C\CCCCCCCC(=O)OCCCCCCCCCCCCCC/C=C\CCCCCCCCCCCCCC(=O)NC(CO)C(O)CCCCCCCCCCCCCCCCC. The Kier molecular flexibility index (Phi) is 62.4. The predicted octanol–water partition coefficient (Wildman–Crippen LogP) is 21.4. The van der Waals surface area contributed by atoms with Crippen LogP contribution in [0.15, 0.2) is 24.3 Å². The molecule has 0 radical (unpaired) electrons. The zero-order valence-corrected chi connectivity index (χ0v) is 50.1. The summed E-state index contributed by atoms with van der Waals surface area (Å²) in [4.78, 5) is 24.6. The summed E-state index contributed by atoms with van der Waals surface area (Å²) in [7, 11) is 0. The van der Waals surface area contributed by atoms with Crippen LogP contribution in [0.25, 0.3) is 0 Å². The highest BCUT2D eigenvalue weighted by Crippen LogP contribution is 2.18. The standard InChI is InChI=1S/C68H131NO5/c1-3-5-7-9-11-13-15-17-32-36-40-44-48-52-56-60-66(71)65(64-70)69-67(72)61-57-53-49-45-41-37-34-30-28-26-24-22-20-19-21-23-25-27-29-31-35-39-43-47-51-55-59-63-74-68(73)62-58-54-50-46-42-38-33-18-16-14-12-10-8-6-4-2/h18-20,33,65-66,70-71H,3-17,21-32,34-64H2,1-2H3,(H,69,72)/b20-19-,33-18-. The Labute approximate surface area is 462 Å². The third-order valence-electron chi connectivity index (χ3n) is 15.7. The van der Waals surface area contributed by atoms with E-state index in [1.165, 1.54) is 295 Å². The number of ether oxygens (including phenoxy) is 1. The maximum atomic E-state index is 12.5. The Morgan fingerprint density at radius 3 is 0.959 bits per heavy atom. The lowest BCUT2D eigenvalue weighted by Gasteiger charge is -2.22. The van der Waals surface area contributed by atoms with Gasteiger partial charge in [-0.3, -0.25) is 9.59 Å². The van der Waals surface area contributed by atoms with E-state index in [0.29, 0.717) is 25.9 Å². The number of nitrogens with one attached hydrogen (secondary N) is 1. The maximum Gasteiger partial charge on any atom is 0.305 e. The minimum absolute atomic E-state index is 0.00771. The number of allylic oxidation sites excluding steroid dienone is 4. The van der Waals surface area contributed by atoms with Crippen molar-refractivity contribution in [2.75, 3.05) is 13.2 Å². The fraction of sp³-hybridized carbons (Fsp3) is 0.912. The van der Waals surface area contributed by atoms with Crippen LogP contribution in [0.2, 0.25) is 0 Å². The first-order chi connectivity index (χ1) is 36.5. The molecular formula is C68H131NO5. The van der Waals surface area contributed by atoms with Gasteiger partial charge in [0.15, 0.2) is 0 Å². The molecule has 2 atom stereocenters. The van der Waals surface area contributed by atoms with Crippen LogP contribution in [0.1, 0.15) is 373 Å². The maximum absolute atomic E-state index is 12.5. The number of aliphatic hydroxyl groups excluding tert-OH is 2. The average molecular weight is 1040 g/mol. The molecule has 0 aromatic carbocycles. The third-order valence-corrected chi connectivity index (χ3v) is 15.7. The monoisotopic (exact) mass is 1040 g/mol. The molecule has 3 N–H and O–H groups in total. The van der Waals surface area contributed by atoms with E-state index in [1.54, 1.807) is 0 Å². The van der Waals surface area contributed by atoms with E-state index < -0.39 is 12.1 Å². The molecule has 0 aromatic heterocycles. The van der Waals surface area contributed by atoms with Gasteiger partial charge in [-0.2, -0.15) is 0 Å². The summed E-state index contributed by atoms with van der Waals surface area (Å²) in [5.74, 6) is -0.0257. The zero-order valence-electron chi connectivity index (χ0n) is 50.1. The van der Waals surface area contributed by atoms with Crippen LogP contribution in [-0.4, -0.2) is 47.4 Å². The Balaban J connectivity index is 3.37. The highest BCUT2D eigenvalue weighted by molar-refractivity contribution is 5.76. The molecule has 0 saturated heterocycles. The van der Waals surface area contributed by atoms with Gasteiger partial charge in [-0.1, -0.05) is 308 Å². The van der Waals surface area contributed by atoms with Crippen LogP contribution < -0.4 is 5.32 Å². The number of unbranched alkanes of at least 4 members (excludes halogenated alkanes) is 48. The Morgan fingerprint density at radius 1 is 0.365 bits per heavy atom. The van der Waals surface area contributed by atoms with Crippen molar-refractivity contribution in [3.63, 3.8) is 0 Å². The molecule has 0 rings (SSSR count). The summed E-state index contributed by atoms with van der Waals surface area (Å²) in [6.45, 7) is 4.97. The summed E-state index contributed by atoms with van der Waals surface area (Å²) >= 11 is 0. The van der Waals surface area contributed by atoms with Crippen molar-refractivity contribution in [3.8, 4) is 0 Å². The van der Waals surface area contributed by atoms with Crippen molar-refractivity contribution in [1.29, 1.82) is 0 Å².